The minimum absolute atomic E-state index is 0.0223. The lowest BCUT2D eigenvalue weighted by atomic mass is 9.80. The van der Waals surface area contributed by atoms with Crippen molar-refractivity contribution in [3.63, 3.8) is 0 Å². The van der Waals surface area contributed by atoms with E-state index in [0.717, 1.165) is 0 Å². The number of allylic oxidation sites excluding steroid dienone is 4. The molecule has 13 nitrogen and oxygen atoms in total. The van der Waals surface area contributed by atoms with E-state index in [1.54, 1.807) is 48.6 Å². The Balaban J connectivity index is 1.53. The van der Waals surface area contributed by atoms with Gasteiger partial charge >= 0.3 is 0 Å². The van der Waals surface area contributed by atoms with Crippen LogP contribution in [0.3, 0.4) is 0 Å². The third kappa shape index (κ3) is 5.99. The number of rotatable bonds is 9. The highest BCUT2D eigenvalue weighted by atomic mass is 32.2. The van der Waals surface area contributed by atoms with E-state index >= 15 is 0 Å². The standard InChI is InChI=1S/C30H29N3O10S2/c1-30(2)24-16-21(45(41,42)43)9-11-26(24)32(12-4-5-13-44(38,39)40)27(30)17-23-28(34)22(29(23)35)15-19-7-6-18-14-20(33(36)37)8-10-25(18)31(19)3/h6-11,14-17H,4-5,12-13H2,1-3H3,(H2-,34,35,38,39,40,41,42,43)/p+1. The molecule has 0 bridgehead atoms. The van der Waals surface area contributed by atoms with Crippen LogP contribution in [-0.4, -0.2) is 54.1 Å². The minimum atomic E-state index is -4.52. The van der Waals surface area contributed by atoms with Gasteiger partial charge in [0.15, 0.2) is 0 Å². The molecular formula is C30H30N3O10S2+. The fourth-order valence-electron chi connectivity index (χ4n) is 5.73. The molecule has 0 atom stereocenters. The first-order valence-electron chi connectivity index (χ1n) is 13.7. The topological polar surface area (TPSA) is 196 Å². The van der Waals surface area contributed by atoms with E-state index < -0.39 is 42.1 Å². The summed E-state index contributed by atoms with van der Waals surface area (Å²) in [6.45, 7) is 3.83. The zero-order chi connectivity index (χ0) is 33.1. The summed E-state index contributed by atoms with van der Waals surface area (Å²) in [5, 5.41) is 22.8. The quantitative estimate of drug-likeness (QED) is 0.0753. The maximum absolute atomic E-state index is 13.4. The fraction of sp³-hybridized carbons (Fsp3) is 0.267. The number of hydrogen-bond donors (Lipinski definition) is 3. The molecule has 5 rings (SSSR count). The summed E-state index contributed by atoms with van der Waals surface area (Å²) in [6.07, 6.45) is 3.49. The zero-order valence-electron chi connectivity index (χ0n) is 24.5. The molecule has 1 aliphatic carbocycles. The number of aliphatic hydroxyl groups excluding tert-OH is 1. The van der Waals surface area contributed by atoms with Crippen LogP contribution in [0.2, 0.25) is 0 Å². The molecule has 1 aromatic heterocycles. The molecular weight excluding hydrogens is 626 g/mol. The number of aryl methyl sites for hydroxylation is 1. The van der Waals surface area contributed by atoms with Crippen LogP contribution in [-0.2, 0) is 37.5 Å². The average Bonchev–Trinajstić information content (AvgIpc) is 3.17. The predicted octanol–water partition coefficient (Wildman–Crippen LogP) is 3.95. The van der Waals surface area contributed by atoms with Crippen molar-refractivity contribution >= 4 is 54.4 Å². The van der Waals surface area contributed by atoms with E-state index in [2.05, 4.69) is 0 Å². The van der Waals surface area contributed by atoms with E-state index in [1.807, 2.05) is 0 Å². The van der Waals surface area contributed by atoms with Crippen molar-refractivity contribution in [2.45, 2.75) is 37.0 Å². The van der Waals surface area contributed by atoms with E-state index in [0.29, 0.717) is 40.0 Å². The number of carbonyl (C=O) groups is 1. The lowest BCUT2D eigenvalue weighted by molar-refractivity contribution is -0.646. The second-order valence-electron chi connectivity index (χ2n) is 11.4. The first-order chi connectivity index (χ1) is 20.9. The summed E-state index contributed by atoms with van der Waals surface area (Å²) in [7, 11) is -6.96. The maximum atomic E-state index is 13.4. The molecule has 0 saturated heterocycles. The monoisotopic (exact) mass is 656 g/mol. The first kappa shape index (κ1) is 32.0. The Bertz CT molecular complexity index is 2110. The zero-order valence-corrected chi connectivity index (χ0v) is 26.1. The van der Waals surface area contributed by atoms with Gasteiger partial charge in [-0.1, -0.05) is 13.8 Å². The highest BCUT2D eigenvalue weighted by Gasteiger charge is 2.43. The van der Waals surface area contributed by atoms with Crippen LogP contribution in [0.5, 0.6) is 0 Å². The number of anilines is 1. The van der Waals surface area contributed by atoms with Gasteiger partial charge in [-0.25, -0.2) is 0 Å². The number of fused-ring (bicyclic) bond motifs is 2. The Kier molecular flexibility index (Phi) is 7.94. The van der Waals surface area contributed by atoms with Gasteiger partial charge in [0.25, 0.3) is 25.9 Å². The third-order valence-electron chi connectivity index (χ3n) is 8.17. The smallest absolute Gasteiger partial charge is 0.294 e. The van der Waals surface area contributed by atoms with Crippen molar-refractivity contribution in [2.24, 2.45) is 7.05 Å². The molecule has 1 aliphatic heterocycles. The summed E-state index contributed by atoms with van der Waals surface area (Å²) < 4.78 is 66.7. The SMILES string of the molecule is C[n+]1c(C=C2C(=O)C(C=C3N(CCCCS(=O)(=O)O)c4ccc(S(=O)(=O)O)cc4C3(C)C)=C2O)ccc2cc([N+](=O)[O-])ccc21. The molecule has 236 valence electrons. The van der Waals surface area contributed by atoms with Crippen LogP contribution >= 0.6 is 0 Å². The number of carbonyl (C=O) groups excluding carboxylic acids is 1. The molecule has 2 aliphatic rings. The molecule has 0 radical (unpaired) electrons. The maximum Gasteiger partial charge on any atom is 0.294 e. The molecule has 2 heterocycles. The van der Waals surface area contributed by atoms with Gasteiger partial charge in [0.2, 0.25) is 17.0 Å². The summed E-state index contributed by atoms with van der Waals surface area (Å²) >= 11 is 0. The highest BCUT2D eigenvalue weighted by molar-refractivity contribution is 7.86. The van der Waals surface area contributed by atoms with E-state index in [4.69, 9.17) is 4.55 Å². The first-order valence-corrected chi connectivity index (χ1v) is 16.8. The number of Topliss-reactive ketones (excluding diaryl/α,β-unsaturated/α-hetero) is 1. The fourth-order valence-corrected chi connectivity index (χ4v) is 6.81. The van der Waals surface area contributed by atoms with E-state index in [1.165, 1.54) is 42.5 Å². The number of nitrogens with zero attached hydrogens (tertiary/aromatic N) is 3. The Labute approximate surface area is 259 Å². The molecule has 3 aromatic rings. The summed E-state index contributed by atoms with van der Waals surface area (Å²) in [5.74, 6) is -1.15. The van der Waals surface area contributed by atoms with E-state index in [9.17, 15) is 41.4 Å². The van der Waals surface area contributed by atoms with Crippen LogP contribution in [0.1, 0.15) is 37.9 Å². The van der Waals surface area contributed by atoms with Crippen molar-refractivity contribution in [3.05, 3.63) is 98.6 Å². The number of non-ortho nitro benzene ring substituents is 1. The molecule has 3 N–H and O–H groups in total. The number of nitro benzene ring substituents is 1. The Hall–Kier alpha value is -4.44. The Morgan fingerprint density at radius 3 is 2.33 bits per heavy atom. The van der Waals surface area contributed by atoms with Crippen LogP contribution in [0, 0.1) is 10.1 Å². The number of aromatic nitrogens is 1. The largest absolute Gasteiger partial charge is 0.506 e. The highest BCUT2D eigenvalue weighted by Crippen LogP contribution is 2.49. The number of benzene rings is 2. The molecule has 0 spiro atoms. The van der Waals surface area contributed by atoms with Crippen LogP contribution < -0.4 is 9.47 Å². The van der Waals surface area contributed by atoms with Gasteiger partial charge in [-0.3, -0.25) is 24.0 Å². The Morgan fingerprint density at radius 1 is 1.00 bits per heavy atom. The van der Waals surface area contributed by atoms with Crippen molar-refractivity contribution in [1.82, 2.24) is 0 Å². The lowest BCUT2D eigenvalue weighted by Gasteiger charge is -2.29. The van der Waals surface area contributed by atoms with Crippen molar-refractivity contribution in [1.29, 1.82) is 0 Å². The average molecular weight is 657 g/mol. The predicted molar refractivity (Wildman–Crippen MR) is 165 cm³/mol. The van der Waals surface area contributed by atoms with Gasteiger partial charge in [-0.15, -0.1) is 0 Å². The number of unbranched alkanes of at least 4 members (excludes halogenated alkanes) is 1. The normalized spacial score (nSPS) is 18.2. The molecule has 0 fully saturated rings. The summed E-state index contributed by atoms with van der Waals surface area (Å²) in [5.41, 5.74) is 2.00. The van der Waals surface area contributed by atoms with Gasteiger partial charge < -0.3 is 10.0 Å². The van der Waals surface area contributed by atoms with Crippen molar-refractivity contribution in [2.75, 3.05) is 17.2 Å². The second-order valence-corrected chi connectivity index (χ2v) is 14.4. The van der Waals surface area contributed by atoms with E-state index in [-0.39, 0.29) is 40.5 Å². The van der Waals surface area contributed by atoms with Gasteiger partial charge in [0.1, 0.15) is 12.8 Å². The molecule has 0 saturated carbocycles. The molecule has 0 amide bonds. The lowest BCUT2D eigenvalue weighted by Crippen LogP contribution is -2.34. The van der Waals surface area contributed by atoms with Crippen molar-refractivity contribution < 1.29 is 45.3 Å². The number of aliphatic hydroxyl groups is 1. The molecule has 15 heteroatoms. The molecule has 0 unspecified atom stereocenters. The number of hydrogen-bond acceptors (Lipinski definition) is 9. The second kappa shape index (κ2) is 11.2. The van der Waals surface area contributed by atoms with Crippen LogP contribution in [0.25, 0.3) is 17.0 Å². The number of nitro groups is 1. The molecule has 45 heavy (non-hydrogen) atoms. The third-order valence-corrected chi connectivity index (χ3v) is 9.83. The summed E-state index contributed by atoms with van der Waals surface area (Å²) in [6, 6.07) is 11.9. The number of ketones is 1. The van der Waals surface area contributed by atoms with Gasteiger partial charge in [0, 0.05) is 53.7 Å². The van der Waals surface area contributed by atoms with Gasteiger partial charge in [0.05, 0.1) is 32.1 Å². The van der Waals surface area contributed by atoms with Gasteiger partial charge in [-0.2, -0.15) is 21.4 Å². The van der Waals surface area contributed by atoms with Crippen LogP contribution in [0.15, 0.2) is 82.1 Å². The minimum Gasteiger partial charge on any atom is -0.506 e. The summed E-state index contributed by atoms with van der Waals surface area (Å²) in [4.78, 5) is 25.5. The van der Waals surface area contributed by atoms with Gasteiger partial charge in [-0.05, 0) is 48.7 Å². The Morgan fingerprint density at radius 2 is 1.71 bits per heavy atom. The van der Waals surface area contributed by atoms with Crippen LogP contribution in [0.4, 0.5) is 11.4 Å². The molecule has 2 aromatic carbocycles. The number of pyridine rings is 1. The van der Waals surface area contributed by atoms with Crippen molar-refractivity contribution in [3.8, 4) is 0 Å².